The fourth-order valence-corrected chi connectivity index (χ4v) is 3.27. The van der Waals surface area contributed by atoms with Crippen LogP contribution in [0.5, 0.6) is 0 Å². The summed E-state index contributed by atoms with van der Waals surface area (Å²) in [6, 6.07) is 8.10. The third-order valence-electron chi connectivity index (χ3n) is 4.75. The zero-order valence-electron chi connectivity index (χ0n) is 13.8. The maximum absolute atomic E-state index is 13.2. The van der Waals surface area contributed by atoms with Gasteiger partial charge in [0.15, 0.2) is 11.5 Å². The fourth-order valence-electron chi connectivity index (χ4n) is 3.27. The van der Waals surface area contributed by atoms with Gasteiger partial charge in [-0.05, 0) is 31.4 Å². The maximum atomic E-state index is 13.2. The molecule has 0 N–H and O–H groups in total. The van der Waals surface area contributed by atoms with Gasteiger partial charge in [-0.25, -0.2) is 0 Å². The number of fused-ring (bicyclic) bond motifs is 2. The van der Waals surface area contributed by atoms with Gasteiger partial charge in [0.25, 0.3) is 5.82 Å². The molecular weight excluding hydrogens is 331 g/mol. The van der Waals surface area contributed by atoms with E-state index in [4.69, 9.17) is 0 Å². The predicted octanol–water partition coefficient (Wildman–Crippen LogP) is 3.32. The SMILES string of the molecule is Cc1c(N2CCc3ccccc3C2)nn2c(C(F)(F)F)nnc2c1C. The molecule has 3 aromatic rings. The summed E-state index contributed by atoms with van der Waals surface area (Å²) in [6.45, 7) is 4.94. The molecule has 5 nitrogen and oxygen atoms in total. The summed E-state index contributed by atoms with van der Waals surface area (Å²) in [6.07, 6.45) is -3.76. The Hall–Kier alpha value is -2.64. The van der Waals surface area contributed by atoms with E-state index >= 15 is 0 Å². The molecule has 4 rings (SSSR count). The third-order valence-corrected chi connectivity index (χ3v) is 4.75. The highest BCUT2D eigenvalue weighted by atomic mass is 19.4. The van der Waals surface area contributed by atoms with Crippen LogP contribution in [0.25, 0.3) is 5.65 Å². The molecule has 1 aliphatic heterocycles. The van der Waals surface area contributed by atoms with Crippen molar-refractivity contribution in [2.24, 2.45) is 0 Å². The lowest BCUT2D eigenvalue weighted by molar-refractivity contribution is -0.146. The third kappa shape index (κ3) is 2.52. The number of benzene rings is 1. The van der Waals surface area contributed by atoms with E-state index in [9.17, 15) is 13.2 Å². The second-order valence-electron chi connectivity index (χ2n) is 6.27. The van der Waals surface area contributed by atoms with Crippen molar-refractivity contribution >= 4 is 11.5 Å². The van der Waals surface area contributed by atoms with Gasteiger partial charge in [-0.15, -0.1) is 15.3 Å². The van der Waals surface area contributed by atoms with Crippen LogP contribution in [0.15, 0.2) is 24.3 Å². The molecule has 0 radical (unpaired) electrons. The number of anilines is 1. The highest BCUT2D eigenvalue weighted by Crippen LogP contribution is 2.32. The monoisotopic (exact) mass is 347 g/mol. The number of nitrogens with zero attached hydrogens (tertiary/aromatic N) is 5. The molecule has 0 spiro atoms. The minimum absolute atomic E-state index is 0.144. The molecule has 0 atom stereocenters. The molecule has 3 heterocycles. The standard InChI is InChI=1S/C17H16F3N5/c1-10-11(2)15(23-25-14(10)21-22-16(25)17(18,19)20)24-8-7-12-5-3-4-6-13(12)9-24/h3-6H,7-9H2,1-2H3. The van der Waals surface area contributed by atoms with Crippen LogP contribution in [0, 0.1) is 13.8 Å². The van der Waals surface area contributed by atoms with Crippen LogP contribution >= 0.6 is 0 Å². The summed E-state index contributed by atoms with van der Waals surface area (Å²) in [5, 5.41) is 11.2. The van der Waals surface area contributed by atoms with Crippen molar-refractivity contribution in [3.63, 3.8) is 0 Å². The Kier molecular flexibility index (Phi) is 3.45. The zero-order valence-corrected chi connectivity index (χ0v) is 13.8. The Bertz CT molecular complexity index is 961. The van der Waals surface area contributed by atoms with Gasteiger partial charge in [-0.1, -0.05) is 24.3 Å². The number of hydrogen-bond acceptors (Lipinski definition) is 4. The van der Waals surface area contributed by atoms with Crippen molar-refractivity contribution in [1.29, 1.82) is 0 Å². The predicted molar refractivity (Wildman–Crippen MR) is 86.5 cm³/mol. The van der Waals surface area contributed by atoms with Crippen LogP contribution in [0.2, 0.25) is 0 Å². The molecule has 1 aromatic carbocycles. The molecule has 0 unspecified atom stereocenters. The number of halogens is 3. The van der Waals surface area contributed by atoms with Gasteiger partial charge in [0.05, 0.1) is 0 Å². The molecule has 0 saturated carbocycles. The highest BCUT2D eigenvalue weighted by molar-refractivity contribution is 5.60. The molecule has 0 fully saturated rings. The lowest BCUT2D eigenvalue weighted by Crippen LogP contribution is -2.32. The van der Waals surface area contributed by atoms with Crippen LogP contribution in [0.4, 0.5) is 19.0 Å². The van der Waals surface area contributed by atoms with E-state index in [0.29, 0.717) is 24.5 Å². The summed E-state index contributed by atoms with van der Waals surface area (Å²) in [4.78, 5) is 2.02. The molecule has 8 heteroatoms. The van der Waals surface area contributed by atoms with E-state index in [-0.39, 0.29) is 5.65 Å². The molecule has 0 amide bonds. The zero-order chi connectivity index (χ0) is 17.8. The maximum Gasteiger partial charge on any atom is 0.453 e. The summed E-state index contributed by atoms with van der Waals surface area (Å²) in [5.74, 6) is -0.547. The van der Waals surface area contributed by atoms with E-state index in [1.807, 2.05) is 30.0 Å². The normalized spacial score (nSPS) is 14.8. The molecular formula is C17H16F3N5. The van der Waals surface area contributed by atoms with Crippen LogP contribution in [-0.4, -0.2) is 26.4 Å². The molecule has 0 saturated heterocycles. The van der Waals surface area contributed by atoms with Gasteiger partial charge >= 0.3 is 6.18 Å². The Morgan fingerprint density at radius 3 is 2.44 bits per heavy atom. The number of rotatable bonds is 1. The Morgan fingerprint density at radius 1 is 1.00 bits per heavy atom. The van der Waals surface area contributed by atoms with Crippen molar-refractivity contribution in [2.75, 3.05) is 11.4 Å². The Balaban J connectivity index is 1.84. The first-order valence-corrected chi connectivity index (χ1v) is 7.98. The second kappa shape index (κ2) is 5.44. The first kappa shape index (κ1) is 15.9. The largest absolute Gasteiger partial charge is 0.453 e. The van der Waals surface area contributed by atoms with E-state index < -0.39 is 12.0 Å². The van der Waals surface area contributed by atoms with Crippen molar-refractivity contribution in [3.8, 4) is 0 Å². The van der Waals surface area contributed by atoms with Crippen LogP contribution in [0.1, 0.15) is 28.1 Å². The van der Waals surface area contributed by atoms with Crippen molar-refractivity contribution in [2.45, 2.75) is 33.0 Å². The topological polar surface area (TPSA) is 46.3 Å². The Morgan fingerprint density at radius 2 is 1.72 bits per heavy atom. The first-order valence-electron chi connectivity index (χ1n) is 7.98. The number of aromatic nitrogens is 4. The van der Waals surface area contributed by atoms with Gasteiger partial charge < -0.3 is 4.90 Å². The number of alkyl halides is 3. The summed E-state index contributed by atoms with van der Waals surface area (Å²) >= 11 is 0. The molecule has 1 aliphatic rings. The lowest BCUT2D eigenvalue weighted by Gasteiger charge is -2.31. The summed E-state index contributed by atoms with van der Waals surface area (Å²) in [7, 11) is 0. The van der Waals surface area contributed by atoms with E-state index in [1.165, 1.54) is 11.1 Å². The van der Waals surface area contributed by atoms with Gasteiger partial charge in [0.2, 0.25) is 0 Å². The quantitative estimate of drug-likeness (QED) is 0.677. The molecule has 0 aliphatic carbocycles. The van der Waals surface area contributed by atoms with Gasteiger partial charge in [-0.3, -0.25) is 0 Å². The molecule has 25 heavy (non-hydrogen) atoms. The van der Waals surface area contributed by atoms with Gasteiger partial charge in [-0.2, -0.15) is 17.7 Å². The average Bonchev–Trinajstić information content (AvgIpc) is 3.02. The molecule has 2 aromatic heterocycles. The van der Waals surface area contributed by atoms with Gasteiger partial charge in [0, 0.05) is 24.2 Å². The van der Waals surface area contributed by atoms with Gasteiger partial charge in [0.1, 0.15) is 0 Å². The average molecular weight is 347 g/mol. The fraction of sp³-hybridized carbons (Fsp3) is 0.353. The Labute approximate surface area is 142 Å². The first-order chi connectivity index (χ1) is 11.9. The van der Waals surface area contributed by atoms with Crippen LogP contribution in [0.3, 0.4) is 0 Å². The van der Waals surface area contributed by atoms with Crippen molar-refractivity contribution in [3.05, 3.63) is 52.3 Å². The minimum Gasteiger partial charge on any atom is -0.350 e. The second-order valence-corrected chi connectivity index (χ2v) is 6.27. The molecule has 0 bridgehead atoms. The minimum atomic E-state index is -4.60. The number of hydrogen-bond donors (Lipinski definition) is 0. The van der Waals surface area contributed by atoms with Crippen LogP contribution in [-0.2, 0) is 19.1 Å². The lowest BCUT2D eigenvalue weighted by atomic mass is 9.99. The smallest absolute Gasteiger partial charge is 0.350 e. The van der Waals surface area contributed by atoms with E-state index in [1.54, 1.807) is 6.92 Å². The van der Waals surface area contributed by atoms with Crippen molar-refractivity contribution < 1.29 is 13.2 Å². The molecule has 130 valence electrons. The number of aryl methyl sites for hydroxylation is 1. The van der Waals surface area contributed by atoms with E-state index in [2.05, 4.69) is 21.4 Å². The van der Waals surface area contributed by atoms with Crippen LogP contribution < -0.4 is 4.90 Å². The van der Waals surface area contributed by atoms with Crippen molar-refractivity contribution in [1.82, 2.24) is 19.8 Å². The highest BCUT2D eigenvalue weighted by Gasteiger charge is 2.38. The summed E-state index contributed by atoms with van der Waals surface area (Å²) in [5.41, 5.74) is 4.08. The van der Waals surface area contributed by atoms with E-state index in [0.717, 1.165) is 16.5 Å². The summed E-state index contributed by atoms with van der Waals surface area (Å²) < 4.78 is 40.4.